The molecule has 0 aromatic rings. The average Bonchev–Trinajstić information content (AvgIpc) is 2.68. The van der Waals surface area contributed by atoms with Crippen molar-refractivity contribution in [3.63, 3.8) is 0 Å². The summed E-state index contributed by atoms with van der Waals surface area (Å²) in [4.78, 5) is 2.45. The first kappa shape index (κ1) is 13.8. The Morgan fingerprint density at radius 1 is 1.22 bits per heavy atom. The first-order valence-electron chi connectivity index (χ1n) is 7.44. The van der Waals surface area contributed by atoms with Crippen LogP contribution in [-0.4, -0.2) is 35.7 Å². The molecule has 18 heavy (non-hydrogen) atoms. The Labute approximate surface area is 111 Å². The van der Waals surface area contributed by atoms with Gasteiger partial charge >= 0.3 is 0 Å². The molecule has 0 radical (unpaired) electrons. The minimum absolute atomic E-state index is 0.111. The summed E-state index contributed by atoms with van der Waals surface area (Å²) in [5.74, 6) is 0. The third-order valence-electron chi connectivity index (χ3n) is 4.80. The molecular formula is C15H26N2O. The van der Waals surface area contributed by atoms with Gasteiger partial charge in [-0.2, -0.15) is 5.26 Å². The highest BCUT2D eigenvalue weighted by Gasteiger charge is 2.46. The molecule has 0 aromatic heterocycles. The van der Waals surface area contributed by atoms with E-state index < -0.39 is 0 Å². The van der Waals surface area contributed by atoms with E-state index in [1.165, 1.54) is 25.7 Å². The van der Waals surface area contributed by atoms with E-state index in [9.17, 15) is 5.26 Å². The fourth-order valence-corrected chi connectivity index (χ4v) is 3.39. The number of ether oxygens (including phenoxy) is 1. The smallest absolute Gasteiger partial charge is 0.114 e. The Hall–Kier alpha value is -0.590. The zero-order chi connectivity index (χ0) is 13.1. The molecule has 0 saturated carbocycles. The minimum atomic E-state index is -0.270. The molecule has 2 atom stereocenters. The molecule has 2 unspecified atom stereocenters. The van der Waals surface area contributed by atoms with Crippen molar-refractivity contribution in [2.24, 2.45) is 0 Å². The summed E-state index contributed by atoms with van der Waals surface area (Å²) in [6.07, 6.45) is 7.86. The van der Waals surface area contributed by atoms with Crippen LogP contribution in [0.25, 0.3) is 0 Å². The van der Waals surface area contributed by atoms with E-state index in [1.807, 2.05) is 0 Å². The SMILES string of the molecule is CCC1(C)CC(C#N)(N2CCCCCC2)CCO1. The quantitative estimate of drug-likeness (QED) is 0.755. The average molecular weight is 250 g/mol. The van der Waals surface area contributed by atoms with Gasteiger partial charge in [-0.3, -0.25) is 4.90 Å². The molecule has 0 aromatic carbocycles. The second-order valence-electron chi connectivity index (χ2n) is 6.12. The molecule has 0 spiro atoms. The highest BCUT2D eigenvalue weighted by Crippen LogP contribution is 2.38. The summed E-state index contributed by atoms with van der Waals surface area (Å²) in [5.41, 5.74) is -0.381. The Bertz CT molecular complexity index is 317. The van der Waals surface area contributed by atoms with Crippen molar-refractivity contribution in [2.45, 2.75) is 69.9 Å². The number of nitrogens with zero attached hydrogens (tertiary/aromatic N) is 2. The third kappa shape index (κ3) is 2.70. The lowest BCUT2D eigenvalue weighted by Crippen LogP contribution is -2.56. The molecule has 2 aliphatic heterocycles. The molecule has 2 aliphatic rings. The van der Waals surface area contributed by atoms with Crippen LogP contribution < -0.4 is 0 Å². The Morgan fingerprint density at radius 3 is 2.44 bits per heavy atom. The van der Waals surface area contributed by atoms with Crippen molar-refractivity contribution in [1.29, 1.82) is 5.26 Å². The van der Waals surface area contributed by atoms with Crippen LogP contribution >= 0.6 is 0 Å². The van der Waals surface area contributed by atoms with Gasteiger partial charge in [0.1, 0.15) is 5.54 Å². The fourth-order valence-electron chi connectivity index (χ4n) is 3.39. The van der Waals surface area contributed by atoms with Gasteiger partial charge in [-0.05, 0) is 39.3 Å². The van der Waals surface area contributed by atoms with E-state index in [0.717, 1.165) is 39.0 Å². The topological polar surface area (TPSA) is 36.3 Å². The lowest BCUT2D eigenvalue weighted by atomic mass is 9.78. The van der Waals surface area contributed by atoms with Crippen LogP contribution in [0, 0.1) is 11.3 Å². The van der Waals surface area contributed by atoms with Gasteiger partial charge in [0.05, 0.1) is 18.3 Å². The first-order chi connectivity index (χ1) is 8.64. The van der Waals surface area contributed by atoms with E-state index in [0.29, 0.717) is 0 Å². The molecular weight excluding hydrogens is 224 g/mol. The summed E-state index contributed by atoms with van der Waals surface area (Å²) in [6, 6.07) is 2.65. The monoisotopic (exact) mass is 250 g/mol. The zero-order valence-electron chi connectivity index (χ0n) is 11.9. The van der Waals surface area contributed by atoms with Gasteiger partial charge in [-0.25, -0.2) is 0 Å². The summed E-state index contributed by atoms with van der Waals surface area (Å²) in [5, 5.41) is 9.77. The highest BCUT2D eigenvalue weighted by molar-refractivity contribution is 5.13. The zero-order valence-corrected chi connectivity index (χ0v) is 11.9. The molecule has 0 amide bonds. The van der Waals surface area contributed by atoms with Crippen molar-refractivity contribution in [3.05, 3.63) is 0 Å². The number of rotatable bonds is 2. The lowest BCUT2D eigenvalue weighted by molar-refractivity contribution is -0.115. The summed E-state index contributed by atoms with van der Waals surface area (Å²) >= 11 is 0. The van der Waals surface area contributed by atoms with E-state index in [4.69, 9.17) is 4.74 Å². The summed E-state index contributed by atoms with van der Waals surface area (Å²) in [6.45, 7) is 7.24. The molecule has 2 fully saturated rings. The van der Waals surface area contributed by atoms with Crippen molar-refractivity contribution in [1.82, 2.24) is 4.90 Å². The molecule has 0 aliphatic carbocycles. The van der Waals surface area contributed by atoms with Gasteiger partial charge in [0.25, 0.3) is 0 Å². The van der Waals surface area contributed by atoms with Crippen LogP contribution in [0.2, 0.25) is 0 Å². The van der Waals surface area contributed by atoms with E-state index in [2.05, 4.69) is 24.8 Å². The summed E-state index contributed by atoms with van der Waals surface area (Å²) in [7, 11) is 0. The number of hydrogen-bond acceptors (Lipinski definition) is 3. The molecule has 3 heteroatoms. The molecule has 102 valence electrons. The van der Waals surface area contributed by atoms with Crippen LogP contribution in [0.4, 0.5) is 0 Å². The van der Waals surface area contributed by atoms with E-state index in [1.54, 1.807) is 0 Å². The lowest BCUT2D eigenvalue weighted by Gasteiger charge is -2.47. The van der Waals surface area contributed by atoms with Crippen LogP contribution in [0.3, 0.4) is 0 Å². The fraction of sp³-hybridized carbons (Fsp3) is 0.933. The van der Waals surface area contributed by atoms with Crippen molar-refractivity contribution in [2.75, 3.05) is 19.7 Å². The second-order valence-corrected chi connectivity index (χ2v) is 6.12. The predicted molar refractivity (Wildman–Crippen MR) is 72.3 cm³/mol. The predicted octanol–water partition coefficient (Wildman–Crippen LogP) is 3.10. The molecule has 2 saturated heterocycles. The van der Waals surface area contributed by atoms with Crippen molar-refractivity contribution in [3.8, 4) is 6.07 Å². The van der Waals surface area contributed by atoms with Gasteiger partial charge in [0.15, 0.2) is 0 Å². The maximum absolute atomic E-state index is 9.77. The molecule has 0 bridgehead atoms. The molecule has 2 rings (SSSR count). The Kier molecular flexibility index (Phi) is 4.29. The van der Waals surface area contributed by atoms with Crippen LogP contribution in [0.1, 0.15) is 58.8 Å². The molecule has 3 nitrogen and oxygen atoms in total. The second kappa shape index (κ2) is 5.59. The van der Waals surface area contributed by atoms with Crippen LogP contribution in [-0.2, 0) is 4.74 Å². The Balaban J connectivity index is 2.16. The maximum Gasteiger partial charge on any atom is 0.114 e. The molecule has 2 heterocycles. The van der Waals surface area contributed by atoms with Gasteiger partial charge in [-0.15, -0.1) is 0 Å². The van der Waals surface area contributed by atoms with Gasteiger partial charge < -0.3 is 4.74 Å². The van der Waals surface area contributed by atoms with Gasteiger partial charge in [0.2, 0.25) is 0 Å². The van der Waals surface area contributed by atoms with Gasteiger partial charge in [0, 0.05) is 12.8 Å². The van der Waals surface area contributed by atoms with Crippen LogP contribution in [0.15, 0.2) is 0 Å². The first-order valence-corrected chi connectivity index (χ1v) is 7.44. The van der Waals surface area contributed by atoms with Gasteiger partial charge in [-0.1, -0.05) is 19.8 Å². The number of nitriles is 1. The maximum atomic E-state index is 9.77. The third-order valence-corrected chi connectivity index (χ3v) is 4.80. The highest BCUT2D eigenvalue weighted by atomic mass is 16.5. The largest absolute Gasteiger partial charge is 0.375 e. The summed E-state index contributed by atoms with van der Waals surface area (Å²) < 4.78 is 5.92. The normalized spacial score (nSPS) is 38.9. The standard InChI is InChI=1S/C15H26N2O/c1-3-14(2)12-15(13-16,8-11-18-14)17-9-6-4-5-7-10-17/h3-12H2,1-2H3. The number of hydrogen-bond donors (Lipinski definition) is 0. The van der Waals surface area contributed by atoms with E-state index >= 15 is 0 Å². The Morgan fingerprint density at radius 2 is 1.89 bits per heavy atom. The minimum Gasteiger partial charge on any atom is -0.375 e. The number of likely N-dealkylation sites (tertiary alicyclic amines) is 1. The van der Waals surface area contributed by atoms with Crippen LogP contribution in [0.5, 0.6) is 0 Å². The van der Waals surface area contributed by atoms with Crippen molar-refractivity contribution >= 4 is 0 Å². The molecule has 0 N–H and O–H groups in total. The van der Waals surface area contributed by atoms with Crippen molar-refractivity contribution < 1.29 is 4.74 Å². The van der Waals surface area contributed by atoms with E-state index in [-0.39, 0.29) is 11.1 Å².